The molecule has 0 rings (SSSR count). The Hall–Kier alpha value is -0.620. The number of carbonyl (C=O) groups is 1. The van der Waals surface area contributed by atoms with E-state index in [9.17, 15) is 13.2 Å². The maximum atomic E-state index is 10.6. The van der Waals surface area contributed by atoms with Crippen LogP contribution in [0.5, 0.6) is 0 Å². The van der Waals surface area contributed by atoms with Crippen molar-refractivity contribution in [2.24, 2.45) is 0 Å². The highest BCUT2D eigenvalue weighted by Crippen LogP contribution is 2.02. The third-order valence-electron chi connectivity index (χ3n) is 1.68. The first-order valence-corrected chi connectivity index (χ1v) is 6.47. The topological polar surface area (TPSA) is 83.5 Å². The van der Waals surface area contributed by atoms with E-state index in [2.05, 4.69) is 4.72 Å². The molecular formula is C8H17NO4S. The van der Waals surface area contributed by atoms with E-state index in [0.29, 0.717) is 13.0 Å². The van der Waals surface area contributed by atoms with Gasteiger partial charge in [0.05, 0.1) is 6.26 Å². The average molecular weight is 223 g/mol. The van der Waals surface area contributed by atoms with Gasteiger partial charge in [-0.25, -0.2) is 13.1 Å². The number of sulfonamides is 1. The van der Waals surface area contributed by atoms with Gasteiger partial charge in [0.1, 0.15) is 0 Å². The van der Waals surface area contributed by atoms with E-state index < -0.39 is 16.0 Å². The molecule has 0 spiro atoms. The summed E-state index contributed by atoms with van der Waals surface area (Å²) in [6, 6.07) is 0. The predicted molar refractivity (Wildman–Crippen MR) is 53.6 cm³/mol. The SMILES string of the molecule is CS(=O)(=O)NCCCCCCC(=O)O. The first kappa shape index (κ1) is 13.4. The number of aliphatic carboxylic acids is 1. The van der Waals surface area contributed by atoms with E-state index in [0.717, 1.165) is 25.5 Å². The molecule has 2 N–H and O–H groups in total. The fraction of sp³-hybridized carbons (Fsp3) is 0.875. The molecule has 0 aliphatic rings. The molecule has 0 saturated heterocycles. The van der Waals surface area contributed by atoms with Gasteiger partial charge < -0.3 is 5.11 Å². The Kier molecular flexibility index (Phi) is 6.48. The Labute approximate surface area is 84.6 Å². The molecule has 0 aliphatic heterocycles. The summed E-state index contributed by atoms with van der Waals surface area (Å²) in [5, 5.41) is 8.33. The fourth-order valence-corrected chi connectivity index (χ4v) is 1.53. The highest BCUT2D eigenvalue weighted by atomic mass is 32.2. The predicted octanol–water partition coefficient (Wildman–Crippen LogP) is 0.571. The largest absolute Gasteiger partial charge is 0.481 e. The molecule has 0 bridgehead atoms. The quantitative estimate of drug-likeness (QED) is 0.589. The molecule has 0 atom stereocenters. The summed E-state index contributed by atoms with van der Waals surface area (Å²) in [4.78, 5) is 10.1. The molecule has 0 radical (unpaired) electrons. The van der Waals surface area contributed by atoms with Crippen LogP contribution in [-0.4, -0.2) is 32.3 Å². The lowest BCUT2D eigenvalue weighted by molar-refractivity contribution is -0.137. The Morgan fingerprint density at radius 1 is 1.21 bits per heavy atom. The molecule has 0 aromatic carbocycles. The zero-order chi connectivity index (χ0) is 11.0. The minimum absolute atomic E-state index is 0.194. The molecule has 6 heteroatoms. The van der Waals surface area contributed by atoms with Crippen LogP contribution in [0.25, 0.3) is 0 Å². The number of carboxylic acid groups (broad SMARTS) is 1. The van der Waals surface area contributed by atoms with Crippen LogP contribution in [0.3, 0.4) is 0 Å². The number of rotatable bonds is 8. The monoisotopic (exact) mass is 223 g/mol. The van der Waals surface area contributed by atoms with E-state index in [1.807, 2.05) is 0 Å². The van der Waals surface area contributed by atoms with Crippen LogP contribution < -0.4 is 4.72 Å². The summed E-state index contributed by atoms with van der Waals surface area (Å²) in [6.07, 6.45) is 4.42. The molecule has 0 heterocycles. The highest BCUT2D eigenvalue weighted by Gasteiger charge is 1.99. The van der Waals surface area contributed by atoms with Gasteiger partial charge in [0.25, 0.3) is 0 Å². The van der Waals surface area contributed by atoms with Gasteiger partial charge in [-0.15, -0.1) is 0 Å². The van der Waals surface area contributed by atoms with Crippen molar-refractivity contribution in [3.8, 4) is 0 Å². The van der Waals surface area contributed by atoms with E-state index >= 15 is 0 Å². The summed E-state index contributed by atoms with van der Waals surface area (Å²) >= 11 is 0. The van der Waals surface area contributed by atoms with Gasteiger partial charge >= 0.3 is 5.97 Å². The van der Waals surface area contributed by atoms with Crippen molar-refractivity contribution in [1.29, 1.82) is 0 Å². The summed E-state index contributed by atoms with van der Waals surface area (Å²) in [5.41, 5.74) is 0. The first-order chi connectivity index (χ1) is 6.42. The van der Waals surface area contributed by atoms with Crippen LogP contribution in [0, 0.1) is 0 Å². The molecule has 0 aromatic rings. The molecule has 0 aromatic heterocycles. The molecule has 0 unspecified atom stereocenters. The van der Waals surface area contributed by atoms with Crippen molar-refractivity contribution in [2.45, 2.75) is 32.1 Å². The Morgan fingerprint density at radius 3 is 2.29 bits per heavy atom. The van der Waals surface area contributed by atoms with Crippen molar-refractivity contribution >= 4 is 16.0 Å². The molecule has 5 nitrogen and oxygen atoms in total. The summed E-state index contributed by atoms with van der Waals surface area (Å²) < 4.78 is 23.6. The van der Waals surface area contributed by atoms with Gasteiger partial charge in [-0.1, -0.05) is 12.8 Å². The fourth-order valence-electron chi connectivity index (χ4n) is 1.01. The third kappa shape index (κ3) is 11.4. The van der Waals surface area contributed by atoms with Crippen molar-refractivity contribution in [1.82, 2.24) is 4.72 Å². The Balaban J connectivity index is 3.19. The number of unbranched alkanes of at least 4 members (excludes halogenated alkanes) is 3. The van der Waals surface area contributed by atoms with Crippen LogP contribution in [0.2, 0.25) is 0 Å². The Morgan fingerprint density at radius 2 is 1.79 bits per heavy atom. The van der Waals surface area contributed by atoms with Crippen LogP contribution in [-0.2, 0) is 14.8 Å². The molecular weight excluding hydrogens is 206 g/mol. The molecule has 84 valence electrons. The molecule has 0 saturated carbocycles. The van der Waals surface area contributed by atoms with Crippen molar-refractivity contribution in [2.75, 3.05) is 12.8 Å². The Bertz CT molecular complexity index is 261. The van der Waals surface area contributed by atoms with Crippen molar-refractivity contribution in [3.05, 3.63) is 0 Å². The molecule has 0 fully saturated rings. The minimum Gasteiger partial charge on any atom is -0.481 e. The van der Waals surface area contributed by atoms with Crippen LogP contribution in [0.1, 0.15) is 32.1 Å². The lowest BCUT2D eigenvalue weighted by atomic mass is 10.1. The van der Waals surface area contributed by atoms with Gasteiger partial charge in [-0.05, 0) is 12.8 Å². The number of carboxylic acids is 1. The maximum Gasteiger partial charge on any atom is 0.303 e. The molecule has 14 heavy (non-hydrogen) atoms. The zero-order valence-corrected chi connectivity index (χ0v) is 9.14. The van der Waals surface area contributed by atoms with Crippen LogP contribution in [0.15, 0.2) is 0 Å². The van der Waals surface area contributed by atoms with Gasteiger partial charge in [0.2, 0.25) is 10.0 Å². The first-order valence-electron chi connectivity index (χ1n) is 4.58. The highest BCUT2D eigenvalue weighted by molar-refractivity contribution is 7.88. The van der Waals surface area contributed by atoms with Gasteiger partial charge in [-0.3, -0.25) is 4.79 Å². The third-order valence-corrected chi connectivity index (χ3v) is 2.41. The van der Waals surface area contributed by atoms with E-state index in [1.54, 1.807) is 0 Å². The average Bonchev–Trinajstić information content (AvgIpc) is 2.00. The number of hydrogen-bond donors (Lipinski definition) is 2. The normalized spacial score (nSPS) is 11.5. The lowest BCUT2D eigenvalue weighted by Gasteiger charge is -2.01. The van der Waals surface area contributed by atoms with Crippen LogP contribution >= 0.6 is 0 Å². The molecule has 0 aliphatic carbocycles. The summed E-state index contributed by atoms with van der Waals surface area (Å²) in [6.45, 7) is 0.436. The number of nitrogens with one attached hydrogen (secondary N) is 1. The smallest absolute Gasteiger partial charge is 0.303 e. The number of hydrogen-bond acceptors (Lipinski definition) is 3. The van der Waals surface area contributed by atoms with Gasteiger partial charge in [0.15, 0.2) is 0 Å². The van der Waals surface area contributed by atoms with E-state index in [4.69, 9.17) is 5.11 Å². The lowest BCUT2D eigenvalue weighted by Crippen LogP contribution is -2.22. The van der Waals surface area contributed by atoms with Crippen molar-refractivity contribution < 1.29 is 18.3 Å². The molecule has 0 amide bonds. The summed E-state index contributed by atoms with van der Waals surface area (Å²) in [7, 11) is -3.07. The standard InChI is InChI=1S/C8H17NO4S/c1-14(12,13)9-7-5-3-2-4-6-8(10)11/h9H,2-7H2,1H3,(H,10,11). The van der Waals surface area contributed by atoms with Gasteiger partial charge in [0, 0.05) is 13.0 Å². The second-order valence-corrected chi connectivity index (χ2v) is 5.06. The second kappa shape index (κ2) is 6.78. The van der Waals surface area contributed by atoms with E-state index in [1.165, 1.54) is 0 Å². The second-order valence-electron chi connectivity index (χ2n) is 3.22. The van der Waals surface area contributed by atoms with Crippen molar-refractivity contribution in [3.63, 3.8) is 0 Å². The summed E-state index contributed by atoms with van der Waals surface area (Å²) in [5.74, 6) is -0.778. The van der Waals surface area contributed by atoms with Gasteiger partial charge in [-0.2, -0.15) is 0 Å². The van der Waals surface area contributed by atoms with Crippen LogP contribution in [0.4, 0.5) is 0 Å². The maximum absolute atomic E-state index is 10.6. The minimum atomic E-state index is -3.07. The van der Waals surface area contributed by atoms with E-state index in [-0.39, 0.29) is 6.42 Å². The zero-order valence-electron chi connectivity index (χ0n) is 8.32.